The third kappa shape index (κ3) is 4.67. The maximum atomic E-state index is 12.9. The predicted molar refractivity (Wildman–Crippen MR) is 108 cm³/mol. The van der Waals surface area contributed by atoms with Crippen LogP contribution in [-0.2, 0) is 10.0 Å². The summed E-state index contributed by atoms with van der Waals surface area (Å²) in [7, 11) is -2.65. The van der Waals surface area contributed by atoms with Gasteiger partial charge in [-0.25, -0.2) is 13.6 Å². The van der Waals surface area contributed by atoms with Gasteiger partial charge >= 0.3 is 0 Å². The Labute approximate surface area is 167 Å². The van der Waals surface area contributed by atoms with Crippen LogP contribution in [-0.4, -0.2) is 51.5 Å². The molecule has 8 heteroatoms. The molecule has 1 saturated heterocycles. The molecule has 1 heterocycles. The molecule has 3 rings (SSSR count). The van der Waals surface area contributed by atoms with Gasteiger partial charge in [-0.2, -0.15) is 0 Å². The van der Waals surface area contributed by atoms with Crippen molar-refractivity contribution in [1.29, 1.82) is 0 Å². The Hall–Kier alpha value is -1.64. The number of hydrogen-bond donors (Lipinski definition) is 2. The second kappa shape index (κ2) is 8.80. The minimum Gasteiger partial charge on any atom is -0.494 e. The lowest BCUT2D eigenvalue weighted by Crippen LogP contribution is -2.45. The molecule has 7 nitrogen and oxygen atoms in total. The lowest BCUT2D eigenvalue weighted by molar-refractivity contribution is 0.0917. The average molecular weight is 410 g/mol. The standard InChI is InChI=1S/C20H31N3O4S/c1-14-11-17(19(27-2)18(12-14)28(21,25)26)20(24)22-13-16-9-6-10-23(16)15-7-4-3-5-8-15/h11-12,15-16H,3-10,13H2,1-2H3,(H,22,24)(H2,21,25,26). The Morgan fingerprint density at radius 3 is 2.57 bits per heavy atom. The first-order valence-corrected chi connectivity index (χ1v) is 11.6. The fourth-order valence-electron chi connectivity index (χ4n) is 4.61. The maximum Gasteiger partial charge on any atom is 0.255 e. The monoisotopic (exact) mass is 409 g/mol. The first-order chi connectivity index (χ1) is 13.3. The molecule has 0 radical (unpaired) electrons. The molecule has 3 N–H and O–H groups in total. The zero-order valence-electron chi connectivity index (χ0n) is 16.7. The van der Waals surface area contributed by atoms with E-state index in [0.29, 0.717) is 24.2 Å². The fraction of sp³-hybridized carbons (Fsp3) is 0.650. The van der Waals surface area contributed by atoms with Crippen LogP contribution in [0.3, 0.4) is 0 Å². The molecule has 1 aliphatic carbocycles. The number of likely N-dealkylation sites (tertiary alicyclic amines) is 1. The smallest absolute Gasteiger partial charge is 0.255 e. The topological polar surface area (TPSA) is 102 Å². The van der Waals surface area contributed by atoms with Crippen LogP contribution in [0.5, 0.6) is 5.75 Å². The van der Waals surface area contributed by atoms with E-state index in [1.807, 2.05) is 0 Å². The number of sulfonamides is 1. The number of hydrogen-bond acceptors (Lipinski definition) is 5. The number of nitrogens with one attached hydrogen (secondary N) is 1. The third-order valence-corrected chi connectivity index (χ3v) is 6.84. The molecular weight excluding hydrogens is 378 g/mol. The minimum atomic E-state index is -3.99. The minimum absolute atomic E-state index is 0.00107. The first-order valence-electron chi connectivity index (χ1n) is 10.1. The number of amides is 1. The number of carbonyl (C=O) groups excluding carboxylic acids is 1. The molecule has 28 heavy (non-hydrogen) atoms. The van der Waals surface area contributed by atoms with Gasteiger partial charge in [0.15, 0.2) is 5.75 Å². The van der Waals surface area contributed by atoms with Crippen LogP contribution in [0.2, 0.25) is 0 Å². The van der Waals surface area contributed by atoms with Crippen molar-refractivity contribution < 1.29 is 17.9 Å². The van der Waals surface area contributed by atoms with Gasteiger partial charge in [0.1, 0.15) is 4.90 Å². The van der Waals surface area contributed by atoms with E-state index < -0.39 is 10.0 Å². The molecule has 2 aliphatic rings. The van der Waals surface area contributed by atoms with Crippen LogP contribution >= 0.6 is 0 Å². The highest BCUT2D eigenvalue weighted by atomic mass is 32.2. The van der Waals surface area contributed by atoms with Crippen LogP contribution in [0.1, 0.15) is 60.9 Å². The van der Waals surface area contributed by atoms with Gasteiger partial charge in [-0.05, 0) is 56.8 Å². The summed E-state index contributed by atoms with van der Waals surface area (Å²) in [6, 6.07) is 4.02. The molecule has 1 saturated carbocycles. The number of rotatable bonds is 6. The van der Waals surface area contributed by atoms with E-state index in [0.717, 1.165) is 19.4 Å². The molecule has 2 fully saturated rings. The molecule has 0 spiro atoms. The summed E-state index contributed by atoms with van der Waals surface area (Å²) in [5.74, 6) is -0.331. The van der Waals surface area contributed by atoms with Crippen molar-refractivity contribution in [2.75, 3.05) is 20.2 Å². The molecular formula is C20H31N3O4S. The molecule has 1 aromatic carbocycles. The Bertz CT molecular complexity index is 819. The summed E-state index contributed by atoms with van der Waals surface area (Å²) in [4.78, 5) is 15.2. The quantitative estimate of drug-likeness (QED) is 0.750. The molecule has 1 aliphatic heterocycles. The van der Waals surface area contributed by atoms with Gasteiger partial charge in [-0.3, -0.25) is 9.69 Å². The van der Waals surface area contributed by atoms with E-state index in [-0.39, 0.29) is 22.1 Å². The normalized spacial score (nSPS) is 21.6. The van der Waals surface area contributed by atoms with Crippen LogP contribution in [0, 0.1) is 6.92 Å². The lowest BCUT2D eigenvalue weighted by atomic mass is 9.93. The summed E-state index contributed by atoms with van der Waals surface area (Å²) in [5.41, 5.74) is 0.841. The number of primary sulfonamides is 1. The van der Waals surface area contributed by atoms with Crippen molar-refractivity contribution in [3.05, 3.63) is 23.3 Å². The highest BCUT2D eigenvalue weighted by Crippen LogP contribution is 2.30. The highest BCUT2D eigenvalue weighted by Gasteiger charge is 2.32. The van der Waals surface area contributed by atoms with Crippen LogP contribution in [0.15, 0.2) is 17.0 Å². The Balaban J connectivity index is 1.73. The van der Waals surface area contributed by atoms with E-state index in [4.69, 9.17) is 9.88 Å². The summed E-state index contributed by atoms with van der Waals surface area (Å²) in [6.07, 6.45) is 8.62. The SMILES string of the molecule is COc1c(C(=O)NCC2CCCN2C2CCCCC2)cc(C)cc1S(N)(=O)=O. The molecule has 0 aromatic heterocycles. The van der Waals surface area contributed by atoms with Gasteiger partial charge in [-0.1, -0.05) is 19.3 Å². The van der Waals surface area contributed by atoms with Crippen molar-refractivity contribution in [2.24, 2.45) is 5.14 Å². The van der Waals surface area contributed by atoms with Crippen molar-refractivity contribution in [3.63, 3.8) is 0 Å². The van der Waals surface area contributed by atoms with Gasteiger partial charge in [0.25, 0.3) is 5.91 Å². The molecule has 1 aromatic rings. The molecule has 1 unspecified atom stereocenters. The van der Waals surface area contributed by atoms with E-state index in [1.165, 1.54) is 45.3 Å². The zero-order valence-corrected chi connectivity index (χ0v) is 17.6. The molecule has 0 bridgehead atoms. The number of methoxy groups -OCH3 is 1. The molecule has 1 amide bonds. The highest BCUT2D eigenvalue weighted by molar-refractivity contribution is 7.89. The number of carbonyl (C=O) groups is 1. The molecule has 156 valence electrons. The van der Waals surface area contributed by atoms with E-state index in [2.05, 4.69) is 10.2 Å². The number of benzene rings is 1. The first kappa shape index (κ1) is 21.1. The van der Waals surface area contributed by atoms with Gasteiger partial charge in [0.05, 0.1) is 12.7 Å². The van der Waals surface area contributed by atoms with Crippen molar-refractivity contribution in [2.45, 2.75) is 68.8 Å². The van der Waals surface area contributed by atoms with Crippen molar-refractivity contribution >= 4 is 15.9 Å². The maximum absolute atomic E-state index is 12.9. The average Bonchev–Trinajstić information content (AvgIpc) is 3.14. The van der Waals surface area contributed by atoms with E-state index in [9.17, 15) is 13.2 Å². The summed E-state index contributed by atoms with van der Waals surface area (Å²) >= 11 is 0. The van der Waals surface area contributed by atoms with Crippen LogP contribution < -0.4 is 15.2 Å². The third-order valence-electron chi connectivity index (χ3n) is 5.92. The predicted octanol–water partition coefficient (Wildman–Crippen LogP) is 2.18. The van der Waals surface area contributed by atoms with Gasteiger partial charge in [0.2, 0.25) is 10.0 Å². The number of nitrogens with zero attached hydrogens (tertiary/aromatic N) is 1. The largest absolute Gasteiger partial charge is 0.494 e. The van der Waals surface area contributed by atoms with Crippen molar-refractivity contribution in [1.82, 2.24) is 10.2 Å². The second-order valence-electron chi connectivity index (χ2n) is 7.92. The second-order valence-corrected chi connectivity index (χ2v) is 9.45. The summed E-state index contributed by atoms with van der Waals surface area (Å²) < 4.78 is 29.0. The number of nitrogens with two attached hydrogens (primary N) is 1. The fourth-order valence-corrected chi connectivity index (χ4v) is 5.41. The van der Waals surface area contributed by atoms with Gasteiger partial charge in [0, 0.05) is 18.6 Å². The van der Waals surface area contributed by atoms with Crippen LogP contribution in [0.25, 0.3) is 0 Å². The lowest BCUT2D eigenvalue weighted by Gasteiger charge is -2.35. The van der Waals surface area contributed by atoms with Gasteiger partial charge < -0.3 is 10.1 Å². The zero-order chi connectivity index (χ0) is 20.3. The summed E-state index contributed by atoms with van der Waals surface area (Å²) in [6.45, 7) is 3.37. The summed E-state index contributed by atoms with van der Waals surface area (Å²) in [5, 5.41) is 8.29. The van der Waals surface area contributed by atoms with Gasteiger partial charge in [-0.15, -0.1) is 0 Å². The Kier molecular flexibility index (Phi) is 6.62. The Morgan fingerprint density at radius 2 is 1.93 bits per heavy atom. The number of aryl methyl sites for hydroxylation is 1. The number of ether oxygens (including phenoxy) is 1. The van der Waals surface area contributed by atoms with Crippen molar-refractivity contribution in [3.8, 4) is 5.75 Å². The Morgan fingerprint density at radius 1 is 1.21 bits per heavy atom. The van der Waals surface area contributed by atoms with E-state index >= 15 is 0 Å². The van der Waals surface area contributed by atoms with E-state index in [1.54, 1.807) is 13.0 Å². The van der Waals surface area contributed by atoms with Crippen LogP contribution in [0.4, 0.5) is 0 Å². The molecule has 1 atom stereocenters.